The number of carbonyl (C=O) groups is 1. The molecule has 4 rings (SSSR count). The Morgan fingerprint density at radius 1 is 1.03 bits per heavy atom. The first-order chi connectivity index (χ1) is 15.6. The van der Waals surface area contributed by atoms with E-state index in [-0.39, 0.29) is 12.5 Å². The van der Waals surface area contributed by atoms with Gasteiger partial charge in [0.25, 0.3) is 5.91 Å². The number of halogens is 1. The van der Waals surface area contributed by atoms with Crippen molar-refractivity contribution in [2.75, 3.05) is 12.4 Å². The van der Waals surface area contributed by atoms with Crippen LogP contribution in [0.15, 0.2) is 85.1 Å². The van der Waals surface area contributed by atoms with E-state index in [1.165, 1.54) is 0 Å². The van der Waals surface area contributed by atoms with Crippen LogP contribution in [-0.4, -0.2) is 22.8 Å². The quantitative estimate of drug-likeness (QED) is 0.391. The fourth-order valence-corrected chi connectivity index (χ4v) is 3.33. The summed E-state index contributed by atoms with van der Waals surface area (Å²) in [5.41, 5.74) is 2.37. The minimum absolute atomic E-state index is 0.248. The van der Waals surface area contributed by atoms with E-state index in [1.54, 1.807) is 60.3 Å². The lowest BCUT2D eigenvalue weighted by atomic mass is 10.1. The standard InChI is InChI=1S/C25H22ClN3O3/c1-31-23-12-7-19(15-20(23)17-32-22-10-8-21(26)9-11-22)25(30)27-24-13-14-29(28-24)16-18-5-3-2-4-6-18/h2-15H,16-17H2,1H3,(H,27,28,30). The van der Waals surface area contributed by atoms with Gasteiger partial charge in [-0.1, -0.05) is 41.9 Å². The summed E-state index contributed by atoms with van der Waals surface area (Å²) in [4.78, 5) is 12.8. The summed E-state index contributed by atoms with van der Waals surface area (Å²) in [6.45, 7) is 0.878. The first-order valence-electron chi connectivity index (χ1n) is 10.0. The molecule has 0 saturated heterocycles. The van der Waals surface area contributed by atoms with Crippen LogP contribution < -0.4 is 14.8 Å². The predicted octanol–water partition coefficient (Wildman–Crippen LogP) is 5.42. The number of ether oxygens (including phenoxy) is 2. The summed E-state index contributed by atoms with van der Waals surface area (Å²) in [7, 11) is 1.58. The fourth-order valence-electron chi connectivity index (χ4n) is 3.20. The Bertz CT molecular complexity index is 1190. The van der Waals surface area contributed by atoms with Crippen molar-refractivity contribution in [3.05, 3.63) is 107 Å². The summed E-state index contributed by atoms with van der Waals surface area (Å²) in [6, 6.07) is 24.1. The van der Waals surface area contributed by atoms with Gasteiger partial charge in [0.2, 0.25) is 0 Å². The van der Waals surface area contributed by atoms with Gasteiger partial charge in [0.15, 0.2) is 5.82 Å². The lowest BCUT2D eigenvalue weighted by Crippen LogP contribution is -2.14. The molecule has 6 nitrogen and oxygen atoms in total. The van der Waals surface area contributed by atoms with Crippen molar-refractivity contribution < 1.29 is 14.3 Å². The molecule has 162 valence electrons. The van der Waals surface area contributed by atoms with Gasteiger partial charge in [-0.25, -0.2) is 0 Å². The summed E-state index contributed by atoms with van der Waals surface area (Å²) in [5.74, 6) is 1.55. The number of hydrogen-bond acceptors (Lipinski definition) is 4. The van der Waals surface area contributed by atoms with Crippen LogP contribution in [0.5, 0.6) is 11.5 Å². The molecule has 0 radical (unpaired) electrons. The highest BCUT2D eigenvalue weighted by molar-refractivity contribution is 6.30. The maximum atomic E-state index is 12.8. The third kappa shape index (κ3) is 5.47. The van der Waals surface area contributed by atoms with E-state index in [0.717, 1.165) is 11.1 Å². The molecular formula is C25H22ClN3O3. The molecule has 32 heavy (non-hydrogen) atoms. The van der Waals surface area contributed by atoms with Crippen molar-refractivity contribution in [1.82, 2.24) is 9.78 Å². The molecule has 3 aromatic carbocycles. The van der Waals surface area contributed by atoms with Crippen LogP contribution in [0.4, 0.5) is 5.82 Å². The monoisotopic (exact) mass is 447 g/mol. The number of hydrogen-bond donors (Lipinski definition) is 1. The number of carbonyl (C=O) groups excluding carboxylic acids is 1. The van der Waals surface area contributed by atoms with Crippen molar-refractivity contribution in [2.45, 2.75) is 13.2 Å². The van der Waals surface area contributed by atoms with E-state index >= 15 is 0 Å². The molecule has 0 aliphatic carbocycles. The highest BCUT2D eigenvalue weighted by Gasteiger charge is 2.13. The fraction of sp³-hybridized carbons (Fsp3) is 0.120. The zero-order valence-electron chi connectivity index (χ0n) is 17.5. The lowest BCUT2D eigenvalue weighted by Gasteiger charge is -2.12. The molecule has 0 fully saturated rings. The van der Waals surface area contributed by atoms with Gasteiger partial charge >= 0.3 is 0 Å². The molecule has 0 bridgehead atoms. The highest BCUT2D eigenvalue weighted by Crippen LogP contribution is 2.23. The number of nitrogens with zero attached hydrogens (tertiary/aromatic N) is 2. The van der Waals surface area contributed by atoms with Gasteiger partial charge in [-0.15, -0.1) is 0 Å². The SMILES string of the molecule is COc1ccc(C(=O)Nc2ccn(Cc3ccccc3)n2)cc1COc1ccc(Cl)cc1. The van der Waals surface area contributed by atoms with E-state index in [2.05, 4.69) is 10.4 Å². The summed E-state index contributed by atoms with van der Waals surface area (Å²) in [6.07, 6.45) is 1.84. The Balaban J connectivity index is 1.43. The van der Waals surface area contributed by atoms with Crippen molar-refractivity contribution in [2.24, 2.45) is 0 Å². The topological polar surface area (TPSA) is 65.4 Å². The van der Waals surface area contributed by atoms with Crippen LogP contribution in [0.1, 0.15) is 21.5 Å². The van der Waals surface area contributed by atoms with E-state index in [1.807, 2.05) is 36.5 Å². The molecule has 1 aromatic heterocycles. The normalized spacial score (nSPS) is 10.6. The minimum Gasteiger partial charge on any atom is -0.496 e. The number of benzene rings is 3. The number of aromatic nitrogens is 2. The molecule has 0 aliphatic heterocycles. The largest absolute Gasteiger partial charge is 0.496 e. The van der Waals surface area contributed by atoms with Crippen LogP contribution >= 0.6 is 11.6 Å². The highest BCUT2D eigenvalue weighted by atomic mass is 35.5. The number of amides is 1. The van der Waals surface area contributed by atoms with Gasteiger partial charge in [0.1, 0.15) is 18.1 Å². The molecule has 0 aliphatic rings. The summed E-state index contributed by atoms with van der Waals surface area (Å²) in [5, 5.41) is 7.92. The second-order valence-electron chi connectivity index (χ2n) is 7.11. The maximum absolute atomic E-state index is 12.8. The summed E-state index contributed by atoms with van der Waals surface area (Å²) < 4.78 is 13.0. The molecular weight excluding hydrogens is 426 g/mol. The van der Waals surface area contributed by atoms with E-state index < -0.39 is 0 Å². The summed E-state index contributed by atoms with van der Waals surface area (Å²) >= 11 is 5.91. The second kappa shape index (κ2) is 10.0. The minimum atomic E-state index is -0.259. The maximum Gasteiger partial charge on any atom is 0.256 e. The number of methoxy groups -OCH3 is 1. The van der Waals surface area contributed by atoms with Crippen molar-refractivity contribution in [3.8, 4) is 11.5 Å². The number of nitrogens with one attached hydrogen (secondary N) is 1. The molecule has 0 atom stereocenters. The smallest absolute Gasteiger partial charge is 0.256 e. The van der Waals surface area contributed by atoms with Gasteiger partial charge in [-0.3, -0.25) is 9.48 Å². The lowest BCUT2D eigenvalue weighted by molar-refractivity contribution is 0.102. The Hall–Kier alpha value is -3.77. The molecule has 1 heterocycles. The van der Waals surface area contributed by atoms with Gasteiger partial charge < -0.3 is 14.8 Å². The molecule has 0 saturated carbocycles. The van der Waals surface area contributed by atoms with Crippen LogP contribution in [0.2, 0.25) is 5.02 Å². The molecule has 1 amide bonds. The molecule has 0 spiro atoms. The molecule has 7 heteroatoms. The van der Waals surface area contributed by atoms with Gasteiger partial charge in [0.05, 0.1) is 13.7 Å². The van der Waals surface area contributed by atoms with Gasteiger partial charge in [-0.05, 0) is 48.0 Å². The van der Waals surface area contributed by atoms with Crippen LogP contribution in [-0.2, 0) is 13.2 Å². The third-order valence-corrected chi connectivity index (χ3v) is 5.07. The Morgan fingerprint density at radius 2 is 1.81 bits per heavy atom. The van der Waals surface area contributed by atoms with Crippen LogP contribution in [0.25, 0.3) is 0 Å². The van der Waals surface area contributed by atoms with Gasteiger partial charge in [-0.2, -0.15) is 5.10 Å². The number of rotatable bonds is 8. The van der Waals surface area contributed by atoms with Crippen molar-refractivity contribution in [3.63, 3.8) is 0 Å². The van der Waals surface area contributed by atoms with Crippen LogP contribution in [0, 0.1) is 0 Å². The van der Waals surface area contributed by atoms with Crippen molar-refractivity contribution in [1.29, 1.82) is 0 Å². The second-order valence-corrected chi connectivity index (χ2v) is 7.54. The Morgan fingerprint density at radius 3 is 2.56 bits per heavy atom. The predicted molar refractivity (Wildman–Crippen MR) is 125 cm³/mol. The average molecular weight is 448 g/mol. The van der Waals surface area contributed by atoms with Crippen molar-refractivity contribution >= 4 is 23.3 Å². The molecule has 1 N–H and O–H groups in total. The zero-order valence-corrected chi connectivity index (χ0v) is 18.3. The Kier molecular flexibility index (Phi) is 6.72. The van der Waals surface area contributed by atoms with Crippen LogP contribution in [0.3, 0.4) is 0 Å². The first-order valence-corrected chi connectivity index (χ1v) is 10.4. The zero-order chi connectivity index (χ0) is 22.3. The van der Waals surface area contributed by atoms with E-state index in [9.17, 15) is 4.79 Å². The van der Waals surface area contributed by atoms with Gasteiger partial charge in [0, 0.05) is 28.4 Å². The molecule has 0 unspecified atom stereocenters. The molecule has 4 aromatic rings. The Labute approximate surface area is 191 Å². The first kappa shape index (κ1) is 21.5. The van der Waals surface area contributed by atoms with E-state index in [0.29, 0.717) is 34.4 Å². The number of anilines is 1. The van der Waals surface area contributed by atoms with E-state index in [4.69, 9.17) is 21.1 Å². The average Bonchev–Trinajstić information content (AvgIpc) is 3.25. The third-order valence-electron chi connectivity index (χ3n) is 4.82.